The molecule has 0 atom stereocenters. The SMILES string of the molecule is CC(C)(O)CCNc1ccc(C#N)cc1F. The van der Waals surface area contributed by atoms with E-state index in [4.69, 9.17) is 5.26 Å². The third kappa shape index (κ3) is 3.87. The van der Waals surface area contributed by atoms with Gasteiger partial charge in [-0.3, -0.25) is 0 Å². The molecule has 1 aromatic carbocycles. The number of nitrogens with zero attached hydrogens (tertiary/aromatic N) is 1. The Morgan fingerprint density at radius 1 is 1.50 bits per heavy atom. The molecule has 4 heteroatoms. The van der Waals surface area contributed by atoms with Crippen LogP contribution in [0.1, 0.15) is 25.8 Å². The Hall–Kier alpha value is -1.60. The van der Waals surface area contributed by atoms with E-state index in [0.717, 1.165) is 0 Å². The fourth-order valence-electron chi connectivity index (χ4n) is 1.23. The largest absolute Gasteiger partial charge is 0.390 e. The number of nitrogens with one attached hydrogen (secondary N) is 1. The van der Waals surface area contributed by atoms with Gasteiger partial charge in [0.25, 0.3) is 0 Å². The van der Waals surface area contributed by atoms with E-state index < -0.39 is 11.4 Å². The highest BCUT2D eigenvalue weighted by Gasteiger charge is 2.12. The topological polar surface area (TPSA) is 56.0 Å². The van der Waals surface area contributed by atoms with Crippen molar-refractivity contribution in [1.29, 1.82) is 5.26 Å². The Balaban J connectivity index is 2.59. The Morgan fingerprint density at radius 3 is 2.69 bits per heavy atom. The minimum absolute atomic E-state index is 0.297. The van der Waals surface area contributed by atoms with E-state index in [1.807, 2.05) is 6.07 Å². The average molecular weight is 222 g/mol. The molecule has 0 spiro atoms. The van der Waals surface area contributed by atoms with Crippen LogP contribution in [0.2, 0.25) is 0 Å². The van der Waals surface area contributed by atoms with Crippen molar-refractivity contribution in [2.24, 2.45) is 0 Å². The number of aliphatic hydroxyl groups is 1. The molecule has 0 saturated carbocycles. The summed E-state index contributed by atoms with van der Waals surface area (Å²) in [4.78, 5) is 0. The summed E-state index contributed by atoms with van der Waals surface area (Å²) >= 11 is 0. The molecular weight excluding hydrogens is 207 g/mol. The molecule has 0 aliphatic heterocycles. The van der Waals surface area contributed by atoms with Gasteiger partial charge in [-0.2, -0.15) is 5.26 Å². The number of benzene rings is 1. The zero-order valence-electron chi connectivity index (χ0n) is 9.42. The van der Waals surface area contributed by atoms with Crippen LogP contribution in [0.15, 0.2) is 18.2 Å². The van der Waals surface area contributed by atoms with Crippen LogP contribution in [0.5, 0.6) is 0 Å². The molecule has 0 bridgehead atoms. The predicted molar refractivity (Wildman–Crippen MR) is 60.5 cm³/mol. The van der Waals surface area contributed by atoms with Crippen LogP contribution in [0.3, 0.4) is 0 Å². The fourth-order valence-corrected chi connectivity index (χ4v) is 1.23. The van der Waals surface area contributed by atoms with Gasteiger partial charge in [0, 0.05) is 6.54 Å². The lowest BCUT2D eigenvalue weighted by molar-refractivity contribution is 0.0748. The first kappa shape index (κ1) is 12.5. The van der Waals surface area contributed by atoms with Gasteiger partial charge in [0.05, 0.1) is 22.9 Å². The fraction of sp³-hybridized carbons (Fsp3) is 0.417. The third-order valence-corrected chi connectivity index (χ3v) is 2.15. The van der Waals surface area contributed by atoms with Crippen LogP contribution in [0.25, 0.3) is 0 Å². The maximum atomic E-state index is 13.4. The molecule has 1 aromatic rings. The number of hydrogen-bond acceptors (Lipinski definition) is 3. The maximum absolute atomic E-state index is 13.4. The zero-order valence-corrected chi connectivity index (χ0v) is 9.42. The molecule has 0 aliphatic rings. The van der Waals surface area contributed by atoms with Gasteiger partial charge >= 0.3 is 0 Å². The molecule has 0 heterocycles. The highest BCUT2D eigenvalue weighted by molar-refractivity contribution is 5.48. The van der Waals surface area contributed by atoms with Crippen LogP contribution in [-0.2, 0) is 0 Å². The van der Waals surface area contributed by atoms with E-state index >= 15 is 0 Å². The molecule has 0 saturated heterocycles. The van der Waals surface area contributed by atoms with Crippen molar-refractivity contribution in [2.45, 2.75) is 25.9 Å². The molecule has 2 N–H and O–H groups in total. The molecule has 0 unspecified atom stereocenters. The second kappa shape index (κ2) is 4.95. The van der Waals surface area contributed by atoms with Crippen molar-refractivity contribution < 1.29 is 9.50 Å². The first-order chi connectivity index (χ1) is 7.42. The molecule has 0 aromatic heterocycles. The Labute approximate surface area is 94.5 Å². The van der Waals surface area contributed by atoms with Gasteiger partial charge in [-0.05, 0) is 38.5 Å². The zero-order chi connectivity index (χ0) is 12.2. The molecule has 86 valence electrons. The van der Waals surface area contributed by atoms with Crippen LogP contribution < -0.4 is 5.32 Å². The number of nitriles is 1. The van der Waals surface area contributed by atoms with Crippen molar-refractivity contribution >= 4 is 5.69 Å². The van der Waals surface area contributed by atoms with Crippen LogP contribution in [-0.4, -0.2) is 17.3 Å². The average Bonchev–Trinajstić information content (AvgIpc) is 2.18. The molecule has 3 nitrogen and oxygen atoms in total. The monoisotopic (exact) mass is 222 g/mol. The first-order valence-electron chi connectivity index (χ1n) is 5.08. The lowest BCUT2D eigenvalue weighted by Crippen LogP contribution is -2.22. The molecular formula is C12H15FN2O. The lowest BCUT2D eigenvalue weighted by atomic mass is 10.1. The number of rotatable bonds is 4. The number of anilines is 1. The second-order valence-electron chi connectivity index (χ2n) is 4.30. The van der Waals surface area contributed by atoms with Gasteiger partial charge in [0.1, 0.15) is 5.82 Å². The molecule has 0 amide bonds. The number of hydrogen-bond donors (Lipinski definition) is 2. The second-order valence-corrected chi connectivity index (χ2v) is 4.30. The predicted octanol–water partition coefficient (Wildman–Crippen LogP) is 2.27. The van der Waals surface area contributed by atoms with E-state index in [1.54, 1.807) is 19.9 Å². The highest BCUT2D eigenvalue weighted by atomic mass is 19.1. The standard InChI is InChI=1S/C12H15FN2O/c1-12(2,16)5-6-15-11-4-3-9(8-14)7-10(11)13/h3-4,7,15-16H,5-6H2,1-2H3. The summed E-state index contributed by atoms with van der Waals surface area (Å²) in [5, 5.41) is 20.9. The van der Waals surface area contributed by atoms with E-state index in [9.17, 15) is 9.50 Å². The molecule has 0 radical (unpaired) electrons. The Kier molecular flexibility index (Phi) is 3.86. The van der Waals surface area contributed by atoms with Gasteiger partial charge in [-0.15, -0.1) is 0 Å². The van der Waals surface area contributed by atoms with Crippen molar-refractivity contribution in [3.8, 4) is 6.07 Å². The minimum atomic E-state index is -0.768. The van der Waals surface area contributed by atoms with Gasteiger partial charge in [-0.25, -0.2) is 4.39 Å². The summed E-state index contributed by atoms with van der Waals surface area (Å²) in [6.07, 6.45) is 0.520. The summed E-state index contributed by atoms with van der Waals surface area (Å²) in [6, 6.07) is 6.13. The minimum Gasteiger partial charge on any atom is -0.390 e. The van der Waals surface area contributed by atoms with Gasteiger partial charge in [-0.1, -0.05) is 0 Å². The Morgan fingerprint density at radius 2 is 2.19 bits per heavy atom. The summed E-state index contributed by atoms with van der Waals surface area (Å²) < 4.78 is 13.4. The van der Waals surface area contributed by atoms with Crippen LogP contribution >= 0.6 is 0 Å². The Bertz CT molecular complexity index is 404. The lowest BCUT2D eigenvalue weighted by Gasteiger charge is -2.17. The summed E-state index contributed by atoms with van der Waals surface area (Å²) in [5.74, 6) is -0.449. The number of halogens is 1. The van der Waals surface area contributed by atoms with E-state index in [2.05, 4.69) is 5.32 Å². The van der Waals surface area contributed by atoms with Gasteiger partial charge in [0.15, 0.2) is 0 Å². The third-order valence-electron chi connectivity index (χ3n) is 2.15. The summed E-state index contributed by atoms with van der Waals surface area (Å²) in [7, 11) is 0. The molecule has 16 heavy (non-hydrogen) atoms. The van der Waals surface area contributed by atoms with E-state index in [0.29, 0.717) is 24.2 Å². The summed E-state index contributed by atoms with van der Waals surface area (Å²) in [5.41, 5.74) is -0.121. The smallest absolute Gasteiger partial charge is 0.147 e. The highest BCUT2D eigenvalue weighted by Crippen LogP contribution is 2.16. The van der Waals surface area contributed by atoms with Crippen molar-refractivity contribution in [1.82, 2.24) is 0 Å². The molecule has 0 aliphatic carbocycles. The first-order valence-corrected chi connectivity index (χ1v) is 5.08. The van der Waals surface area contributed by atoms with Crippen LogP contribution in [0.4, 0.5) is 10.1 Å². The van der Waals surface area contributed by atoms with Crippen molar-refractivity contribution in [3.63, 3.8) is 0 Å². The molecule has 0 fully saturated rings. The molecule has 1 rings (SSSR count). The normalized spacial score (nSPS) is 10.9. The van der Waals surface area contributed by atoms with Gasteiger partial charge < -0.3 is 10.4 Å². The van der Waals surface area contributed by atoms with Crippen LogP contribution in [0, 0.1) is 17.1 Å². The van der Waals surface area contributed by atoms with E-state index in [-0.39, 0.29) is 0 Å². The van der Waals surface area contributed by atoms with Crippen molar-refractivity contribution in [2.75, 3.05) is 11.9 Å². The van der Waals surface area contributed by atoms with Gasteiger partial charge in [0.2, 0.25) is 0 Å². The van der Waals surface area contributed by atoms with Crippen molar-refractivity contribution in [3.05, 3.63) is 29.6 Å². The van der Waals surface area contributed by atoms with E-state index in [1.165, 1.54) is 12.1 Å². The summed E-state index contributed by atoms with van der Waals surface area (Å²) in [6.45, 7) is 3.87. The quantitative estimate of drug-likeness (QED) is 0.821. The maximum Gasteiger partial charge on any atom is 0.147 e.